The number of hydrogen-bond donors (Lipinski definition) is 0. The van der Waals surface area contributed by atoms with Crippen LogP contribution in [0, 0.1) is 13.8 Å². The molecule has 0 radical (unpaired) electrons. The second kappa shape index (κ2) is 9.11. The predicted octanol–water partition coefficient (Wildman–Crippen LogP) is 3.09. The third-order valence-corrected chi connectivity index (χ3v) is 5.75. The molecule has 1 amide bonds. The van der Waals surface area contributed by atoms with Gasteiger partial charge in [0.15, 0.2) is 10.9 Å². The summed E-state index contributed by atoms with van der Waals surface area (Å²) < 4.78 is 7.04. The molecule has 156 valence electrons. The zero-order valence-corrected chi connectivity index (χ0v) is 18.3. The highest BCUT2D eigenvalue weighted by molar-refractivity contribution is 7.98. The van der Waals surface area contributed by atoms with Crippen LogP contribution in [0.1, 0.15) is 27.6 Å². The van der Waals surface area contributed by atoms with Crippen LogP contribution in [0.25, 0.3) is 5.69 Å². The number of thioether (sulfide) groups is 1. The van der Waals surface area contributed by atoms with Gasteiger partial charge in [-0.2, -0.15) is 0 Å². The van der Waals surface area contributed by atoms with Crippen LogP contribution in [0.3, 0.4) is 0 Å². The fraction of sp³-hybridized carbons (Fsp3) is 0.350. The normalized spacial score (nSPS) is 14.2. The first-order valence-electron chi connectivity index (χ1n) is 9.54. The van der Waals surface area contributed by atoms with Crippen molar-refractivity contribution in [3.05, 3.63) is 58.1 Å². The van der Waals surface area contributed by atoms with Gasteiger partial charge < -0.3 is 9.64 Å². The first kappa shape index (κ1) is 20.8. The molecule has 1 aromatic carbocycles. The van der Waals surface area contributed by atoms with Crippen LogP contribution >= 0.6 is 23.4 Å². The van der Waals surface area contributed by atoms with Crippen LogP contribution in [0.2, 0.25) is 5.02 Å². The van der Waals surface area contributed by atoms with Gasteiger partial charge in [0.1, 0.15) is 0 Å². The van der Waals surface area contributed by atoms with Crippen molar-refractivity contribution in [2.75, 3.05) is 26.3 Å². The van der Waals surface area contributed by atoms with Crippen LogP contribution < -0.4 is 0 Å². The number of carbonyl (C=O) groups excluding carboxylic acids is 1. The molecule has 0 spiro atoms. The number of hydrogen-bond acceptors (Lipinski definition) is 7. The van der Waals surface area contributed by atoms with E-state index in [1.807, 2.05) is 32.0 Å². The van der Waals surface area contributed by atoms with Gasteiger partial charge in [0, 0.05) is 35.3 Å². The molecule has 1 aliphatic heterocycles. The van der Waals surface area contributed by atoms with Crippen LogP contribution in [0.4, 0.5) is 0 Å². The summed E-state index contributed by atoms with van der Waals surface area (Å²) in [5, 5.41) is 9.78. The monoisotopic (exact) mass is 444 g/mol. The molecule has 10 heteroatoms. The fourth-order valence-corrected chi connectivity index (χ4v) is 4.26. The lowest BCUT2D eigenvalue weighted by atomic mass is 10.2. The Morgan fingerprint density at radius 3 is 2.47 bits per heavy atom. The SMILES string of the molecule is Cc1cc(C)nc(SCc2c(C(=O)N3CCOCC3)nnn2-c2ccc(Cl)cc2)n1. The standard InChI is InChI=1S/C20H21ClN6O2S/c1-13-11-14(2)23-20(22-13)30-12-17-18(19(28)26-7-9-29-10-8-26)24-25-27(17)16-5-3-15(21)4-6-16/h3-6,11H,7-10,12H2,1-2H3. The molecule has 0 N–H and O–H groups in total. The number of ether oxygens (including phenoxy) is 1. The van der Waals surface area contributed by atoms with E-state index in [4.69, 9.17) is 16.3 Å². The Balaban J connectivity index is 1.67. The van der Waals surface area contributed by atoms with Crippen molar-refractivity contribution >= 4 is 29.3 Å². The summed E-state index contributed by atoms with van der Waals surface area (Å²) >= 11 is 7.48. The maximum absolute atomic E-state index is 13.1. The van der Waals surface area contributed by atoms with Gasteiger partial charge in [-0.15, -0.1) is 5.10 Å². The van der Waals surface area contributed by atoms with Crippen LogP contribution in [-0.4, -0.2) is 62.1 Å². The second-order valence-electron chi connectivity index (χ2n) is 6.90. The molecule has 8 nitrogen and oxygen atoms in total. The Bertz CT molecular complexity index is 1030. The average Bonchev–Trinajstić information content (AvgIpc) is 3.16. The van der Waals surface area contributed by atoms with Gasteiger partial charge in [0.25, 0.3) is 5.91 Å². The lowest BCUT2D eigenvalue weighted by Crippen LogP contribution is -2.41. The van der Waals surface area contributed by atoms with Gasteiger partial charge in [-0.3, -0.25) is 4.79 Å². The Kier molecular flexibility index (Phi) is 6.31. The van der Waals surface area contributed by atoms with Gasteiger partial charge in [-0.1, -0.05) is 28.6 Å². The zero-order valence-electron chi connectivity index (χ0n) is 16.7. The van der Waals surface area contributed by atoms with E-state index in [0.717, 1.165) is 17.1 Å². The van der Waals surface area contributed by atoms with E-state index in [2.05, 4.69) is 20.3 Å². The van der Waals surface area contributed by atoms with Crippen LogP contribution in [0.5, 0.6) is 0 Å². The molecule has 0 aliphatic carbocycles. The van der Waals surface area contributed by atoms with E-state index in [9.17, 15) is 4.79 Å². The molecule has 4 rings (SSSR count). The number of nitrogens with zero attached hydrogens (tertiary/aromatic N) is 6. The van der Waals surface area contributed by atoms with Gasteiger partial charge in [-0.25, -0.2) is 14.6 Å². The highest BCUT2D eigenvalue weighted by Gasteiger charge is 2.26. The lowest BCUT2D eigenvalue weighted by Gasteiger charge is -2.26. The number of morpholine rings is 1. The van der Waals surface area contributed by atoms with E-state index in [1.54, 1.807) is 21.7 Å². The van der Waals surface area contributed by atoms with Gasteiger partial charge in [0.2, 0.25) is 0 Å². The molecule has 2 aromatic heterocycles. The Morgan fingerprint density at radius 2 is 1.80 bits per heavy atom. The van der Waals surface area contributed by atoms with Crippen molar-refractivity contribution in [3.63, 3.8) is 0 Å². The van der Waals surface area contributed by atoms with E-state index in [0.29, 0.717) is 53.6 Å². The minimum Gasteiger partial charge on any atom is -0.378 e. The fourth-order valence-electron chi connectivity index (χ4n) is 3.19. The minimum absolute atomic E-state index is 0.143. The summed E-state index contributed by atoms with van der Waals surface area (Å²) in [6.45, 7) is 6.01. The lowest BCUT2D eigenvalue weighted by molar-refractivity contribution is 0.0298. The molecule has 3 heterocycles. The molecule has 0 bridgehead atoms. The van der Waals surface area contributed by atoms with E-state index >= 15 is 0 Å². The zero-order chi connectivity index (χ0) is 21.1. The predicted molar refractivity (Wildman–Crippen MR) is 114 cm³/mol. The summed E-state index contributed by atoms with van der Waals surface area (Å²) in [6.07, 6.45) is 0. The Labute approximate surface area is 183 Å². The molecule has 0 unspecified atom stereocenters. The summed E-state index contributed by atoms with van der Waals surface area (Å²) in [5.74, 6) is 0.305. The van der Waals surface area contributed by atoms with Crippen molar-refractivity contribution in [1.82, 2.24) is 29.9 Å². The topological polar surface area (TPSA) is 86.0 Å². The number of rotatable bonds is 5. The number of benzene rings is 1. The molecular weight excluding hydrogens is 424 g/mol. The van der Waals surface area contributed by atoms with Crippen molar-refractivity contribution in [1.29, 1.82) is 0 Å². The maximum Gasteiger partial charge on any atom is 0.276 e. The maximum atomic E-state index is 13.1. The summed E-state index contributed by atoms with van der Waals surface area (Å²) in [7, 11) is 0. The molecule has 1 aliphatic rings. The third-order valence-electron chi connectivity index (χ3n) is 4.64. The Hall–Kier alpha value is -2.49. The third kappa shape index (κ3) is 4.63. The summed E-state index contributed by atoms with van der Waals surface area (Å²) in [5.41, 5.74) is 3.62. The largest absolute Gasteiger partial charge is 0.378 e. The summed E-state index contributed by atoms with van der Waals surface area (Å²) in [6, 6.07) is 9.19. The second-order valence-corrected chi connectivity index (χ2v) is 8.28. The number of carbonyl (C=O) groups is 1. The van der Waals surface area contributed by atoms with Crippen molar-refractivity contribution in [2.45, 2.75) is 24.8 Å². The van der Waals surface area contributed by atoms with Crippen LogP contribution in [0.15, 0.2) is 35.5 Å². The van der Waals surface area contributed by atoms with E-state index in [-0.39, 0.29) is 5.91 Å². The molecular formula is C20H21ClN6O2S. The van der Waals surface area contributed by atoms with Crippen molar-refractivity contribution in [2.24, 2.45) is 0 Å². The summed E-state index contributed by atoms with van der Waals surface area (Å²) in [4.78, 5) is 23.9. The van der Waals surface area contributed by atoms with Crippen LogP contribution in [-0.2, 0) is 10.5 Å². The highest BCUT2D eigenvalue weighted by Crippen LogP contribution is 2.25. The number of amides is 1. The molecule has 30 heavy (non-hydrogen) atoms. The average molecular weight is 445 g/mol. The number of aromatic nitrogens is 5. The van der Waals surface area contributed by atoms with Crippen molar-refractivity contribution < 1.29 is 9.53 Å². The minimum atomic E-state index is -0.143. The van der Waals surface area contributed by atoms with Gasteiger partial charge in [0.05, 0.1) is 24.6 Å². The van der Waals surface area contributed by atoms with Gasteiger partial charge >= 0.3 is 0 Å². The van der Waals surface area contributed by atoms with Crippen molar-refractivity contribution in [3.8, 4) is 5.69 Å². The van der Waals surface area contributed by atoms with E-state index < -0.39 is 0 Å². The molecule has 0 atom stereocenters. The molecule has 0 saturated carbocycles. The quantitative estimate of drug-likeness (QED) is 0.441. The molecule has 1 fully saturated rings. The van der Waals surface area contributed by atoms with Gasteiger partial charge in [-0.05, 0) is 44.2 Å². The molecule has 1 saturated heterocycles. The van der Waals surface area contributed by atoms with E-state index in [1.165, 1.54) is 11.8 Å². The first-order chi connectivity index (χ1) is 14.5. The number of halogens is 1. The smallest absolute Gasteiger partial charge is 0.276 e. The molecule has 3 aromatic rings. The first-order valence-corrected chi connectivity index (χ1v) is 10.9. The number of aryl methyl sites for hydroxylation is 2. The Morgan fingerprint density at radius 1 is 1.13 bits per heavy atom. The highest BCUT2D eigenvalue weighted by atomic mass is 35.5.